The van der Waals surface area contributed by atoms with E-state index < -0.39 is 5.69 Å². The van der Waals surface area contributed by atoms with Gasteiger partial charge in [-0.15, -0.1) is 5.10 Å². The molecule has 3 rings (SSSR count). The van der Waals surface area contributed by atoms with E-state index in [1.165, 1.54) is 0 Å². The molecule has 1 aliphatic heterocycles. The molecule has 0 bridgehead atoms. The smallest absolute Gasteiger partial charge is 0.326 e. The van der Waals surface area contributed by atoms with Gasteiger partial charge in [0.2, 0.25) is 5.88 Å². The molecule has 106 valence electrons. The van der Waals surface area contributed by atoms with E-state index in [0.717, 1.165) is 11.3 Å². The number of methoxy groups -OCH3 is 1. The Morgan fingerprint density at radius 3 is 2.62 bits per heavy atom. The van der Waals surface area contributed by atoms with Crippen LogP contribution in [0.3, 0.4) is 0 Å². The number of allylic oxidation sites excluding steroid dienone is 1. The van der Waals surface area contributed by atoms with E-state index in [0.29, 0.717) is 11.3 Å². The van der Waals surface area contributed by atoms with Crippen molar-refractivity contribution in [3.63, 3.8) is 0 Å². The monoisotopic (exact) mass is 284 g/mol. The molecule has 1 aromatic carbocycles. The average Bonchev–Trinajstić information content (AvgIpc) is 3.06. The summed E-state index contributed by atoms with van der Waals surface area (Å²) in [7, 11) is 1.60. The summed E-state index contributed by atoms with van der Waals surface area (Å²) in [5.41, 5.74) is 2.00. The first-order valence-electron chi connectivity index (χ1n) is 6.16. The van der Waals surface area contributed by atoms with Crippen molar-refractivity contribution in [1.29, 1.82) is 0 Å². The van der Waals surface area contributed by atoms with Gasteiger partial charge in [-0.3, -0.25) is 4.98 Å². The molecule has 0 radical (unpaired) electrons. The lowest BCUT2D eigenvalue weighted by atomic mass is 10.0. The molecular formula is C14H12N4O3. The van der Waals surface area contributed by atoms with Crippen LogP contribution < -0.4 is 10.4 Å². The van der Waals surface area contributed by atoms with Gasteiger partial charge in [-0.1, -0.05) is 0 Å². The van der Waals surface area contributed by atoms with Gasteiger partial charge in [0.15, 0.2) is 0 Å². The van der Waals surface area contributed by atoms with E-state index >= 15 is 0 Å². The molecule has 3 N–H and O–H groups in total. The number of nitrogens with zero attached hydrogens (tertiary/aromatic N) is 2. The third-order valence-electron chi connectivity index (χ3n) is 3.03. The zero-order valence-corrected chi connectivity index (χ0v) is 11.1. The summed E-state index contributed by atoms with van der Waals surface area (Å²) in [6.45, 7) is 0. The molecule has 0 atom stereocenters. The number of hydrogen-bond acceptors (Lipinski definition) is 5. The highest BCUT2D eigenvalue weighted by atomic mass is 16.5. The van der Waals surface area contributed by atoms with Crippen molar-refractivity contribution in [3.8, 4) is 11.6 Å². The topological polar surface area (TPSA) is 103 Å². The molecule has 0 unspecified atom stereocenters. The maximum absolute atomic E-state index is 11.1. The minimum atomic E-state index is -0.475. The molecule has 0 saturated carbocycles. The molecule has 2 heterocycles. The van der Waals surface area contributed by atoms with Crippen molar-refractivity contribution >= 4 is 18.0 Å². The molecule has 2 aromatic rings. The van der Waals surface area contributed by atoms with Crippen LogP contribution in [0.25, 0.3) is 6.08 Å². The van der Waals surface area contributed by atoms with Crippen molar-refractivity contribution in [3.05, 3.63) is 51.6 Å². The van der Waals surface area contributed by atoms with Crippen molar-refractivity contribution < 1.29 is 9.84 Å². The lowest BCUT2D eigenvalue weighted by Gasteiger charge is -2.04. The Bertz CT molecular complexity index is 809. The van der Waals surface area contributed by atoms with Crippen LogP contribution in [-0.2, 0) is 0 Å². The second kappa shape index (κ2) is 5.12. The van der Waals surface area contributed by atoms with Gasteiger partial charge in [0, 0.05) is 11.1 Å². The maximum Gasteiger partial charge on any atom is 0.326 e. The third-order valence-corrected chi connectivity index (χ3v) is 3.03. The second-order valence-electron chi connectivity index (χ2n) is 4.36. The van der Waals surface area contributed by atoms with Crippen LogP contribution >= 0.6 is 0 Å². The lowest BCUT2D eigenvalue weighted by molar-refractivity contribution is 0.415. The molecule has 21 heavy (non-hydrogen) atoms. The van der Waals surface area contributed by atoms with Gasteiger partial charge in [-0.05, 0) is 30.3 Å². The van der Waals surface area contributed by atoms with E-state index in [4.69, 9.17) is 4.74 Å². The van der Waals surface area contributed by atoms with E-state index in [-0.39, 0.29) is 11.6 Å². The summed E-state index contributed by atoms with van der Waals surface area (Å²) in [6, 6.07) is 7.37. The fourth-order valence-electron chi connectivity index (χ4n) is 1.99. The first kappa shape index (κ1) is 12.9. The second-order valence-corrected chi connectivity index (χ2v) is 4.36. The SMILES string of the molecule is COc1ccc(C2=NN=CC2=Cc2[nH]c(=O)[nH]c2O)cc1. The fraction of sp³-hybridized carbons (Fsp3) is 0.0714. The van der Waals surface area contributed by atoms with Crippen LogP contribution in [-0.4, -0.2) is 34.1 Å². The van der Waals surface area contributed by atoms with Gasteiger partial charge in [0.1, 0.15) is 17.2 Å². The predicted molar refractivity (Wildman–Crippen MR) is 79.1 cm³/mol. The molecular weight excluding hydrogens is 272 g/mol. The summed E-state index contributed by atoms with van der Waals surface area (Å²) in [5.74, 6) is 0.526. The largest absolute Gasteiger partial charge is 0.497 e. The van der Waals surface area contributed by atoms with Gasteiger partial charge in [0.05, 0.1) is 13.3 Å². The molecule has 1 aliphatic rings. The van der Waals surface area contributed by atoms with Gasteiger partial charge in [0.25, 0.3) is 0 Å². The molecule has 7 nitrogen and oxygen atoms in total. The van der Waals surface area contributed by atoms with Crippen LogP contribution in [0, 0.1) is 0 Å². The number of benzene rings is 1. The standard InChI is InChI=1S/C14H12N4O3/c1-21-10-4-2-8(3-5-10)12-9(7-15-18-12)6-11-13(19)17-14(20)16-11/h2-7,19H,1H3,(H2,16,17,20). The van der Waals surface area contributed by atoms with E-state index in [2.05, 4.69) is 20.2 Å². The zero-order chi connectivity index (χ0) is 14.8. The van der Waals surface area contributed by atoms with Crippen LogP contribution in [0.1, 0.15) is 11.3 Å². The van der Waals surface area contributed by atoms with Crippen molar-refractivity contribution in [2.75, 3.05) is 7.11 Å². The Hall–Kier alpha value is -3.09. The Morgan fingerprint density at radius 2 is 2.00 bits per heavy atom. The number of aromatic nitrogens is 2. The van der Waals surface area contributed by atoms with Crippen LogP contribution in [0.15, 0.2) is 44.8 Å². The van der Waals surface area contributed by atoms with E-state index in [1.807, 2.05) is 24.3 Å². The highest BCUT2D eigenvalue weighted by Gasteiger charge is 2.15. The van der Waals surface area contributed by atoms with Gasteiger partial charge in [-0.2, -0.15) is 5.10 Å². The van der Waals surface area contributed by atoms with E-state index in [1.54, 1.807) is 19.4 Å². The van der Waals surface area contributed by atoms with Gasteiger partial charge < -0.3 is 14.8 Å². The average molecular weight is 284 g/mol. The number of imidazole rings is 1. The number of hydrogen-bond donors (Lipinski definition) is 3. The summed E-state index contributed by atoms with van der Waals surface area (Å²) in [4.78, 5) is 15.9. The number of rotatable bonds is 3. The lowest BCUT2D eigenvalue weighted by Crippen LogP contribution is -2.03. The van der Waals surface area contributed by atoms with Crippen molar-refractivity contribution in [1.82, 2.24) is 9.97 Å². The molecule has 0 aliphatic carbocycles. The number of H-pyrrole nitrogens is 2. The normalized spacial score (nSPS) is 15.5. The Labute approximate surface area is 119 Å². The fourth-order valence-corrected chi connectivity index (χ4v) is 1.99. The van der Waals surface area contributed by atoms with Crippen LogP contribution in [0.2, 0.25) is 0 Å². The maximum atomic E-state index is 11.1. The Morgan fingerprint density at radius 1 is 1.24 bits per heavy atom. The zero-order valence-electron chi connectivity index (χ0n) is 11.1. The molecule has 0 saturated heterocycles. The molecule has 0 amide bonds. The summed E-state index contributed by atoms with van der Waals surface area (Å²) < 4.78 is 5.11. The van der Waals surface area contributed by atoms with Gasteiger partial charge in [-0.25, -0.2) is 4.79 Å². The number of nitrogens with one attached hydrogen (secondary N) is 2. The molecule has 1 aromatic heterocycles. The third kappa shape index (κ3) is 2.48. The highest BCUT2D eigenvalue weighted by Crippen LogP contribution is 2.20. The van der Waals surface area contributed by atoms with Crippen LogP contribution in [0.4, 0.5) is 0 Å². The first-order valence-corrected chi connectivity index (χ1v) is 6.16. The first-order chi connectivity index (χ1) is 10.2. The van der Waals surface area contributed by atoms with Crippen LogP contribution in [0.5, 0.6) is 11.6 Å². The van der Waals surface area contributed by atoms with Gasteiger partial charge >= 0.3 is 5.69 Å². The summed E-state index contributed by atoms with van der Waals surface area (Å²) >= 11 is 0. The summed E-state index contributed by atoms with van der Waals surface area (Å²) in [5, 5.41) is 17.5. The van der Waals surface area contributed by atoms with Crippen molar-refractivity contribution in [2.45, 2.75) is 0 Å². The van der Waals surface area contributed by atoms with Crippen molar-refractivity contribution in [2.24, 2.45) is 10.2 Å². The number of ether oxygens (including phenoxy) is 1. The molecule has 0 fully saturated rings. The number of aromatic hydroxyl groups is 1. The summed E-state index contributed by atoms with van der Waals surface area (Å²) in [6.07, 6.45) is 3.16. The Kier molecular flexibility index (Phi) is 3.15. The Balaban J connectivity index is 1.96. The van der Waals surface area contributed by atoms with E-state index in [9.17, 15) is 9.90 Å². The minimum absolute atomic E-state index is 0.220. The quantitative estimate of drug-likeness (QED) is 0.791. The minimum Gasteiger partial charge on any atom is -0.497 e. The molecule has 0 spiro atoms. The highest BCUT2D eigenvalue weighted by molar-refractivity contribution is 6.28. The predicted octanol–water partition coefficient (Wildman–Crippen LogP) is 1.29. The number of aromatic amines is 2. The molecule has 7 heteroatoms.